The second kappa shape index (κ2) is 8.43. The first-order valence-electron chi connectivity index (χ1n) is 7.58. The average Bonchev–Trinajstić information content (AvgIpc) is 2.56. The first-order valence-corrected chi connectivity index (χ1v) is 7.58. The molecule has 5 nitrogen and oxygen atoms in total. The summed E-state index contributed by atoms with van der Waals surface area (Å²) in [6.07, 6.45) is 0. The Morgan fingerprint density at radius 2 is 1.68 bits per heavy atom. The molecule has 1 amide bonds. The molecular weight excluding hydrogens is 330 g/mol. The molecule has 0 fully saturated rings. The number of primary amides is 1. The van der Waals surface area contributed by atoms with Crippen LogP contribution in [0.1, 0.15) is 21.5 Å². The number of carbonyl (C=O) groups excluding carboxylic acids is 1. The number of carbonyl (C=O) groups is 1. The highest BCUT2D eigenvalue weighted by Crippen LogP contribution is 2.29. The Morgan fingerprint density at radius 1 is 1.08 bits per heavy atom. The molecule has 7 heteroatoms. The summed E-state index contributed by atoms with van der Waals surface area (Å²) in [5.41, 5.74) is 7.61. The second-order valence-electron chi connectivity index (χ2n) is 5.60. The van der Waals surface area contributed by atoms with Crippen LogP contribution >= 0.6 is 0 Å². The maximum atomic E-state index is 12.4. The van der Waals surface area contributed by atoms with E-state index in [0.717, 1.165) is 11.1 Å². The number of hydrogen-bond donors (Lipinski definition) is 1. The predicted octanol–water partition coefficient (Wildman–Crippen LogP) is 3.03. The lowest BCUT2D eigenvalue weighted by Crippen LogP contribution is -2.17. The van der Waals surface area contributed by atoms with Gasteiger partial charge in [0.15, 0.2) is 11.5 Å². The lowest BCUT2D eigenvalue weighted by Gasteiger charge is -2.18. The highest BCUT2D eigenvalue weighted by molar-refractivity contribution is 5.92. The number of rotatable bonds is 8. The third-order valence-corrected chi connectivity index (χ3v) is 3.59. The molecule has 0 saturated carbocycles. The molecule has 2 aromatic rings. The molecule has 134 valence electrons. The number of ether oxygens (including phenoxy) is 2. The first kappa shape index (κ1) is 18.7. The van der Waals surface area contributed by atoms with Crippen LogP contribution in [0.5, 0.6) is 11.5 Å². The normalized spacial score (nSPS) is 11.0. The number of halogens is 2. The number of amides is 1. The largest absolute Gasteiger partial charge is 0.493 e. The summed E-state index contributed by atoms with van der Waals surface area (Å²) < 4.78 is 34.2. The number of hydrogen-bond acceptors (Lipinski definition) is 4. The van der Waals surface area contributed by atoms with Crippen molar-refractivity contribution in [1.82, 2.24) is 4.90 Å². The van der Waals surface area contributed by atoms with Crippen molar-refractivity contribution in [3.63, 3.8) is 0 Å². The minimum atomic E-state index is -2.90. The molecule has 0 heterocycles. The number of methoxy groups -OCH3 is 1. The van der Waals surface area contributed by atoms with Gasteiger partial charge >= 0.3 is 6.61 Å². The van der Waals surface area contributed by atoms with Crippen molar-refractivity contribution in [2.75, 3.05) is 14.2 Å². The minimum Gasteiger partial charge on any atom is -0.493 e. The smallest absolute Gasteiger partial charge is 0.387 e. The summed E-state index contributed by atoms with van der Waals surface area (Å²) in [5, 5.41) is 0. The summed E-state index contributed by atoms with van der Waals surface area (Å²) in [5.74, 6) is -0.193. The molecule has 0 radical (unpaired) electrons. The van der Waals surface area contributed by atoms with E-state index in [9.17, 15) is 13.6 Å². The lowest BCUT2D eigenvalue weighted by atomic mass is 10.1. The van der Waals surface area contributed by atoms with Crippen molar-refractivity contribution in [3.05, 3.63) is 59.2 Å². The predicted molar refractivity (Wildman–Crippen MR) is 89.8 cm³/mol. The van der Waals surface area contributed by atoms with E-state index in [-0.39, 0.29) is 11.5 Å². The van der Waals surface area contributed by atoms with Crippen molar-refractivity contribution in [2.45, 2.75) is 19.7 Å². The fraction of sp³-hybridized carbons (Fsp3) is 0.278. The molecule has 0 atom stereocenters. The fourth-order valence-corrected chi connectivity index (χ4v) is 2.46. The molecule has 0 aliphatic carbocycles. The molecule has 0 aliphatic rings. The third-order valence-electron chi connectivity index (χ3n) is 3.59. The topological polar surface area (TPSA) is 64.8 Å². The molecule has 0 aromatic heterocycles. The van der Waals surface area contributed by atoms with Gasteiger partial charge < -0.3 is 15.2 Å². The van der Waals surface area contributed by atoms with E-state index >= 15 is 0 Å². The molecule has 2 rings (SSSR count). The molecule has 0 saturated heterocycles. The monoisotopic (exact) mass is 350 g/mol. The van der Waals surface area contributed by atoms with Crippen molar-refractivity contribution < 1.29 is 23.0 Å². The minimum absolute atomic E-state index is 0.00550. The molecule has 2 aromatic carbocycles. The van der Waals surface area contributed by atoms with Crippen LogP contribution in [-0.2, 0) is 13.1 Å². The Labute approximate surface area is 144 Å². The summed E-state index contributed by atoms with van der Waals surface area (Å²) in [6, 6.07) is 11.9. The van der Waals surface area contributed by atoms with E-state index in [4.69, 9.17) is 10.5 Å². The van der Waals surface area contributed by atoms with Crippen molar-refractivity contribution in [1.29, 1.82) is 0 Å². The Hall–Kier alpha value is -2.67. The number of nitrogens with two attached hydrogens (primary N) is 1. The van der Waals surface area contributed by atoms with Crippen LogP contribution in [0.4, 0.5) is 8.78 Å². The van der Waals surface area contributed by atoms with Gasteiger partial charge in [0, 0.05) is 18.7 Å². The Balaban J connectivity index is 2.02. The molecule has 0 aliphatic heterocycles. The van der Waals surface area contributed by atoms with Gasteiger partial charge in [-0.3, -0.25) is 9.69 Å². The van der Waals surface area contributed by atoms with Gasteiger partial charge in [0.25, 0.3) is 0 Å². The van der Waals surface area contributed by atoms with Crippen LogP contribution < -0.4 is 15.2 Å². The number of alkyl halides is 2. The van der Waals surface area contributed by atoms with Crippen LogP contribution in [0.25, 0.3) is 0 Å². The van der Waals surface area contributed by atoms with Gasteiger partial charge in [-0.25, -0.2) is 0 Å². The highest BCUT2D eigenvalue weighted by Gasteiger charge is 2.12. The van der Waals surface area contributed by atoms with E-state index in [1.54, 1.807) is 24.3 Å². The van der Waals surface area contributed by atoms with Crippen LogP contribution in [-0.4, -0.2) is 31.6 Å². The Bertz CT molecular complexity index is 721. The van der Waals surface area contributed by atoms with Crippen LogP contribution in [0.15, 0.2) is 42.5 Å². The van der Waals surface area contributed by atoms with E-state index < -0.39 is 12.5 Å². The lowest BCUT2D eigenvalue weighted by molar-refractivity contribution is -0.0512. The molecule has 0 spiro atoms. The fourth-order valence-electron chi connectivity index (χ4n) is 2.46. The average molecular weight is 350 g/mol. The molecule has 2 N–H and O–H groups in total. The Kier molecular flexibility index (Phi) is 6.30. The molecular formula is C18H20F2N2O3. The molecule has 25 heavy (non-hydrogen) atoms. The Morgan fingerprint density at radius 3 is 2.24 bits per heavy atom. The van der Waals surface area contributed by atoms with E-state index in [1.807, 2.05) is 24.1 Å². The maximum Gasteiger partial charge on any atom is 0.387 e. The first-order chi connectivity index (χ1) is 11.9. The zero-order valence-corrected chi connectivity index (χ0v) is 14.0. The van der Waals surface area contributed by atoms with Gasteiger partial charge in [0.05, 0.1) is 7.11 Å². The summed E-state index contributed by atoms with van der Waals surface area (Å²) in [6.45, 7) is -1.66. The molecule has 0 bridgehead atoms. The number of benzene rings is 2. The zero-order valence-electron chi connectivity index (χ0n) is 14.0. The van der Waals surface area contributed by atoms with Crippen LogP contribution in [0.2, 0.25) is 0 Å². The standard InChI is InChI=1S/C18H20F2N2O3/c1-22(10-12-3-6-14(7-4-12)17(21)23)11-13-5-8-15(25-18(19)20)16(9-13)24-2/h3-9,18H,10-11H2,1-2H3,(H2,21,23). The van der Waals surface area contributed by atoms with Crippen molar-refractivity contribution in [3.8, 4) is 11.5 Å². The second-order valence-corrected chi connectivity index (χ2v) is 5.60. The van der Waals surface area contributed by atoms with Gasteiger partial charge in [-0.05, 0) is 42.4 Å². The quantitative estimate of drug-likeness (QED) is 0.795. The van der Waals surface area contributed by atoms with Gasteiger partial charge in [0.2, 0.25) is 5.91 Å². The van der Waals surface area contributed by atoms with Gasteiger partial charge in [-0.2, -0.15) is 8.78 Å². The summed E-state index contributed by atoms with van der Waals surface area (Å²) >= 11 is 0. The van der Waals surface area contributed by atoms with Crippen LogP contribution in [0.3, 0.4) is 0 Å². The van der Waals surface area contributed by atoms with E-state index in [1.165, 1.54) is 13.2 Å². The van der Waals surface area contributed by atoms with E-state index in [2.05, 4.69) is 4.74 Å². The van der Waals surface area contributed by atoms with Gasteiger partial charge in [-0.15, -0.1) is 0 Å². The SMILES string of the molecule is COc1cc(CN(C)Cc2ccc(C(N)=O)cc2)ccc1OC(F)F. The van der Waals surface area contributed by atoms with Gasteiger partial charge in [-0.1, -0.05) is 18.2 Å². The van der Waals surface area contributed by atoms with Crippen molar-refractivity contribution in [2.24, 2.45) is 5.73 Å². The number of nitrogens with zero attached hydrogens (tertiary/aromatic N) is 1. The summed E-state index contributed by atoms with van der Waals surface area (Å²) in [7, 11) is 3.33. The molecule has 0 unspecified atom stereocenters. The third kappa shape index (κ3) is 5.42. The van der Waals surface area contributed by atoms with Crippen LogP contribution in [0, 0.1) is 0 Å². The summed E-state index contributed by atoms with van der Waals surface area (Å²) in [4.78, 5) is 13.1. The van der Waals surface area contributed by atoms with E-state index in [0.29, 0.717) is 18.7 Å². The van der Waals surface area contributed by atoms with Crippen molar-refractivity contribution >= 4 is 5.91 Å². The highest BCUT2D eigenvalue weighted by atomic mass is 19.3. The zero-order chi connectivity index (χ0) is 18.4. The van der Waals surface area contributed by atoms with Gasteiger partial charge in [0.1, 0.15) is 0 Å². The maximum absolute atomic E-state index is 12.4.